The normalized spacial score (nSPS) is 10.9. The Morgan fingerprint density at radius 3 is 2.14 bits per heavy atom. The SMILES string of the molecule is COC(=O)c1cc(OC)c(OC)cc1NC(=O)CN(c1ccccc1F)S(=O)(=O)c1ccc(C)cc1. The van der Waals surface area contributed by atoms with Crippen LogP contribution in [0.1, 0.15) is 15.9 Å². The molecule has 9 nitrogen and oxygen atoms in total. The Hall–Kier alpha value is -4.12. The summed E-state index contributed by atoms with van der Waals surface area (Å²) in [5, 5.41) is 2.50. The first kappa shape index (κ1) is 26.5. The molecule has 3 aromatic carbocycles. The number of carbonyl (C=O) groups excluding carboxylic acids is 2. The van der Waals surface area contributed by atoms with Gasteiger partial charge < -0.3 is 19.5 Å². The van der Waals surface area contributed by atoms with Crippen molar-refractivity contribution in [3.63, 3.8) is 0 Å². The molecular weight excluding hydrogens is 491 g/mol. The average Bonchev–Trinajstić information content (AvgIpc) is 2.87. The van der Waals surface area contributed by atoms with Gasteiger partial charge >= 0.3 is 5.97 Å². The van der Waals surface area contributed by atoms with Gasteiger partial charge in [0, 0.05) is 12.1 Å². The van der Waals surface area contributed by atoms with Crippen molar-refractivity contribution in [2.45, 2.75) is 11.8 Å². The number of methoxy groups -OCH3 is 3. The number of para-hydroxylation sites is 1. The second-order valence-electron chi connectivity index (χ2n) is 7.57. The molecular formula is C25H25FN2O7S. The third-order valence-electron chi connectivity index (χ3n) is 5.22. The van der Waals surface area contributed by atoms with Gasteiger partial charge in [0.1, 0.15) is 12.4 Å². The predicted molar refractivity (Wildman–Crippen MR) is 132 cm³/mol. The Morgan fingerprint density at radius 2 is 1.56 bits per heavy atom. The number of halogens is 1. The number of carbonyl (C=O) groups is 2. The van der Waals surface area contributed by atoms with Gasteiger partial charge in [-0.05, 0) is 31.2 Å². The van der Waals surface area contributed by atoms with Gasteiger partial charge in [0.2, 0.25) is 5.91 Å². The van der Waals surface area contributed by atoms with Crippen molar-refractivity contribution in [2.75, 3.05) is 37.5 Å². The molecule has 0 saturated carbocycles. The van der Waals surface area contributed by atoms with Crippen LogP contribution in [0.2, 0.25) is 0 Å². The van der Waals surface area contributed by atoms with Crippen molar-refractivity contribution in [2.24, 2.45) is 0 Å². The summed E-state index contributed by atoms with van der Waals surface area (Å²) < 4.78 is 57.5. The Morgan fingerprint density at radius 1 is 0.944 bits per heavy atom. The van der Waals surface area contributed by atoms with Gasteiger partial charge in [-0.25, -0.2) is 17.6 Å². The maximum absolute atomic E-state index is 14.7. The van der Waals surface area contributed by atoms with Gasteiger partial charge in [0.05, 0.1) is 43.2 Å². The number of sulfonamides is 1. The van der Waals surface area contributed by atoms with E-state index < -0.39 is 34.3 Å². The number of nitrogens with zero attached hydrogens (tertiary/aromatic N) is 1. The molecule has 0 saturated heterocycles. The zero-order valence-corrected chi connectivity index (χ0v) is 20.9. The van der Waals surface area contributed by atoms with Crippen LogP contribution in [0.25, 0.3) is 0 Å². The van der Waals surface area contributed by atoms with Crippen molar-refractivity contribution in [3.05, 3.63) is 77.6 Å². The maximum Gasteiger partial charge on any atom is 0.340 e. The summed E-state index contributed by atoms with van der Waals surface area (Å²) in [5.41, 5.74) is 0.453. The third kappa shape index (κ3) is 5.57. The van der Waals surface area contributed by atoms with E-state index in [0.29, 0.717) is 4.31 Å². The Labute approximate surface area is 208 Å². The van der Waals surface area contributed by atoms with E-state index in [9.17, 15) is 22.4 Å². The van der Waals surface area contributed by atoms with E-state index in [1.165, 1.54) is 63.8 Å². The Kier molecular flexibility index (Phi) is 8.15. The molecule has 1 amide bonds. The summed E-state index contributed by atoms with van der Waals surface area (Å²) in [7, 11) is -0.429. The molecule has 0 radical (unpaired) electrons. The average molecular weight is 517 g/mol. The Bertz CT molecular complexity index is 1380. The molecule has 0 unspecified atom stereocenters. The van der Waals surface area contributed by atoms with Crippen LogP contribution >= 0.6 is 0 Å². The van der Waals surface area contributed by atoms with Crippen molar-refractivity contribution in [3.8, 4) is 11.5 Å². The summed E-state index contributed by atoms with van der Waals surface area (Å²) in [4.78, 5) is 25.3. The van der Waals surface area contributed by atoms with Crippen LogP contribution in [0.3, 0.4) is 0 Å². The third-order valence-corrected chi connectivity index (χ3v) is 6.99. The number of benzene rings is 3. The summed E-state index contributed by atoms with van der Waals surface area (Å²) >= 11 is 0. The van der Waals surface area contributed by atoms with Crippen LogP contribution in [0.4, 0.5) is 15.8 Å². The van der Waals surface area contributed by atoms with Crippen molar-refractivity contribution >= 4 is 33.3 Å². The summed E-state index contributed by atoms with van der Waals surface area (Å²) in [6.45, 7) is 1.01. The number of aryl methyl sites for hydroxylation is 1. The van der Waals surface area contributed by atoms with Crippen LogP contribution < -0.4 is 19.1 Å². The topological polar surface area (TPSA) is 111 Å². The fraction of sp³-hybridized carbons (Fsp3) is 0.200. The zero-order chi connectivity index (χ0) is 26.5. The lowest BCUT2D eigenvalue weighted by molar-refractivity contribution is -0.114. The minimum Gasteiger partial charge on any atom is -0.493 e. The van der Waals surface area contributed by atoms with Crippen molar-refractivity contribution in [1.29, 1.82) is 0 Å². The molecule has 36 heavy (non-hydrogen) atoms. The highest BCUT2D eigenvalue weighted by Gasteiger charge is 2.30. The molecule has 0 aromatic heterocycles. The lowest BCUT2D eigenvalue weighted by atomic mass is 10.1. The van der Waals surface area contributed by atoms with Gasteiger partial charge in [-0.3, -0.25) is 9.10 Å². The first-order valence-corrected chi connectivity index (χ1v) is 12.0. The van der Waals surface area contributed by atoms with Crippen molar-refractivity contribution in [1.82, 2.24) is 0 Å². The van der Waals surface area contributed by atoms with E-state index in [4.69, 9.17) is 14.2 Å². The Balaban J connectivity index is 2.03. The molecule has 0 spiro atoms. The lowest BCUT2D eigenvalue weighted by Crippen LogP contribution is -2.38. The molecule has 0 atom stereocenters. The standard InChI is InChI=1S/C25H25FN2O7S/c1-16-9-11-17(12-10-16)36(31,32)28(21-8-6-5-7-19(21)26)15-24(29)27-20-14-23(34-3)22(33-2)13-18(20)25(30)35-4/h5-14H,15H2,1-4H3,(H,27,29). The summed E-state index contributed by atoms with van der Waals surface area (Å²) in [6.07, 6.45) is 0. The largest absolute Gasteiger partial charge is 0.493 e. The second-order valence-corrected chi connectivity index (χ2v) is 9.43. The highest BCUT2D eigenvalue weighted by molar-refractivity contribution is 7.92. The predicted octanol–water partition coefficient (Wildman–Crippen LogP) is 3.77. The van der Waals surface area contributed by atoms with Crippen molar-refractivity contribution < 1.29 is 36.6 Å². The van der Waals surface area contributed by atoms with E-state index in [-0.39, 0.29) is 33.3 Å². The first-order chi connectivity index (χ1) is 17.1. The number of esters is 1. The highest BCUT2D eigenvalue weighted by atomic mass is 32.2. The summed E-state index contributed by atoms with van der Waals surface area (Å²) in [5.74, 6) is -2.03. The minimum atomic E-state index is -4.34. The lowest BCUT2D eigenvalue weighted by Gasteiger charge is -2.25. The highest BCUT2D eigenvalue weighted by Crippen LogP contribution is 2.34. The molecule has 3 aromatic rings. The molecule has 11 heteroatoms. The number of hydrogen-bond donors (Lipinski definition) is 1. The quantitative estimate of drug-likeness (QED) is 0.431. The van der Waals surface area contributed by atoms with E-state index in [1.807, 2.05) is 0 Å². The number of hydrogen-bond acceptors (Lipinski definition) is 7. The van der Waals surface area contributed by atoms with E-state index in [0.717, 1.165) is 11.6 Å². The molecule has 0 heterocycles. The van der Waals surface area contributed by atoms with Gasteiger partial charge in [0.25, 0.3) is 10.0 Å². The number of anilines is 2. The van der Waals surface area contributed by atoms with Gasteiger partial charge in [-0.15, -0.1) is 0 Å². The number of amides is 1. The maximum atomic E-state index is 14.7. The van der Waals surface area contributed by atoms with Gasteiger partial charge in [0.15, 0.2) is 11.5 Å². The fourth-order valence-electron chi connectivity index (χ4n) is 3.37. The van der Waals surface area contributed by atoms with Crippen LogP contribution in [0, 0.1) is 12.7 Å². The summed E-state index contributed by atoms with van der Waals surface area (Å²) in [6, 6.07) is 13.8. The molecule has 0 fully saturated rings. The molecule has 0 aliphatic heterocycles. The molecule has 0 aliphatic carbocycles. The molecule has 0 bridgehead atoms. The number of rotatable bonds is 9. The smallest absolute Gasteiger partial charge is 0.340 e. The second kappa shape index (κ2) is 11.1. The molecule has 190 valence electrons. The number of nitrogens with one attached hydrogen (secondary N) is 1. The van der Waals surface area contributed by atoms with Crippen LogP contribution in [-0.4, -0.2) is 48.2 Å². The van der Waals surface area contributed by atoms with E-state index in [1.54, 1.807) is 19.1 Å². The van der Waals surface area contributed by atoms with Crippen LogP contribution in [-0.2, 0) is 19.6 Å². The molecule has 0 aliphatic rings. The fourth-order valence-corrected chi connectivity index (χ4v) is 4.80. The van der Waals surface area contributed by atoms with E-state index >= 15 is 0 Å². The molecule has 3 rings (SSSR count). The van der Waals surface area contributed by atoms with Gasteiger partial charge in [-0.1, -0.05) is 29.8 Å². The van der Waals surface area contributed by atoms with Crippen LogP contribution in [0.15, 0.2) is 65.6 Å². The zero-order valence-electron chi connectivity index (χ0n) is 20.1. The van der Waals surface area contributed by atoms with Crippen LogP contribution in [0.5, 0.6) is 11.5 Å². The number of ether oxygens (including phenoxy) is 3. The molecule has 1 N–H and O–H groups in total. The first-order valence-electron chi connectivity index (χ1n) is 10.6. The van der Waals surface area contributed by atoms with Gasteiger partial charge in [-0.2, -0.15) is 0 Å². The van der Waals surface area contributed by atoms with E-state index in [2.05, 4.69) is 5.32 Å². The monoisotopic (exact) mass is 516 g/mol. The minimum absolute atomic E-state index is 0.00859.